The van der Waals surface area contributed by atoms with Crippen molar-refractivity contribution in [2.45, 2.75) is 29.8 Å². The van der Waals surface area contributed by atoms with Gasteiger partial charge in [0.2, 0.25) is 0 Å². The Morgan fingerprint density at radius 3 is 0.545 bits per heavy atom. The maximum absolute atomic E-state index is 11.9. The van der Waals surface area contributed by atoms with E-state index in [2.05, 4.69) is 0 Å². The first-order chi connectivity index (χ1) is 9.00. The van der Waals surface area contributed by atoms with Gasteiger partial charge < -0.3 is 0 Å². The molecular formula is C6F13I3. The summed E-state index contributed by atoms with van der Waals surface area (Å²) in [7, 11) is 0. The van der Waals surface area contributed by atoms with E-state index in [0.29, 0.717) is 0 Å². The lowest BCUT2D eigenvalue weighted by Crippen LogP contribution is -2.48. The predicted molar refractivity (Wildman–Crippen MR) is 72.8 cm³/mol. The first-order valence-corrected chi connectivity index (χ1v) is 7.26. The van der Waals surface area contributed by atoms with Crippen LogP contribution in [-0.4, -0.2) is 29.8 Å². The number of halogens is 16. The molecule has 0 aliphatic rings. The van der Waals surface area contributed by atoms with Crippen LogP contribution in [0.5, 0.6) is 0 Å². The average molecular weight is 700 g/mol. The van der Waals surface area contributed by atoms with Gasteiger partial charge in [0, 0.05) is 67.8 Å². The third kappa shape index (κ3) is 6.30. The molecule has 0 fully saturated rings. The van der Waals surface area contributed by atoms with E-state index < -0.39 is 29.8 Å². The van der Waals surface area contributed by atoms with Crippen LogP contribution in [0.1, 0.15) is 0 Å². The summed E-state index contributed by atoms with van der Waals surface area (Å²) < 4.78 is 136. The summed E-state index contributed by atoms with van der Waals surface area (Å²) in [5, 5.41) is 0. The smallest absolute Gasteiger partial charge is 0.191 e. The van der Waals surface area contributed by atoms with Gasteiger partial charge in [0.05, 0.1) is 0 Å². The third-order valence-electron chi connectivity index (χ3n) is 1.42. The van der Waals surface area contributed by atoms with Crippen molar-refractivity contribution < 1.29 is 57.1 Å². The molecule has 0 heterocycles. The second kappa shape index (κ2) is 7.26. The van der Waals surface area contributed by atoms with Crippen LogP contribution in [0.2, 0.25) is 0 Å². The zero-order chi connectivity index (χ0) is 19.0. The molecule has 0 rings (SSSR count). The van der Waals surface area contributed by atoms with Crippen molar-refractivity contribution in [3.8, 4) is 0 Å². The minimum absolute atomic E-state index is 0.0235. The minimum atomic E-state index is -6.21. The Morgan fingerprint density at radius 2 is 0.545 bits per heavy atom. The summed E-state index contributed by atoms with van der Waals surface area (Å²) in [6.07, 6.45) is -6.21. The molecule has 0 aliphatic carbocycles. The van der Waals surface area contributed by atoms with Crippen LogP contribution in [0.3, 0.4) is 0 Å². The molecule has 0 spiro atoms. The molecule has 0 nitrogen and oxygen atoms in total. The molecule has 0 radical (unpaired) electrons. The highest BCUT2D eigenvalue weighted by molar-refractivity contribution is 14.1. The first kappa shape index (κ1) is 25.5. The van der Waals surface area contributed by atoms with Gasteiger partial charge in [-0.15, -0.1) is 0 Å². The van der Waals surface area contributed by atoms with Crippen molar-refractivity contribution in [3.05, 3.63) is 0 Å². The Kier molecular flexibility index (Phi) is 8.42. The van der Waals surface area contributed by atoms with Gasteiger partial charge >= 0.3 is 29.8 Å². The molecule has 0 saturated carbocycles. The highest BCUT2D eigenvalue weighted by atomic mass is 127. The zero-order valence-corrected chi connectivity index (χ0v) is 15.5. The maximum Gasteiger partial charge on any atom is 0.460 e. The van der Waals surface area contributed by atoms with Crippen molar-refractivity contribution in [1.29, 1.82) is 0 Å². The van der Waals surface area contributed by atoms with Gasteiger partial charge in [-0.05, 0) is 0 Å². The summed E-state index contributed by atoms with van der Waals surface area (Å²) in [5.41, 5.74) is 0. The molecular weight excluding hydrogens is 700 g/mol. The zero-order valence-electron chi connectivity index (χ0n) is 9.05. The number of alkyl halides is 16. The summed E-state index contributed by atoms with van der Waals surface area (Å²) in [6.45, 7) is 0. The molecule has 0 aromatic rings. The van der Waals surface area contributed by atoms with E-state index in [9.17, 15) is 57.1 Å². The van der Waals surface area contributed by atoms with Gasteiger partial charge in [-0.25, -0.2) is 0 Å². The van der Waals surface area contributed by atoms with E-state index in [4.69, 9.17) is 0 Å². The molecule has 0 unspecified atom stereocenters. The second-order valence-electron chi connectivity index (χ2n) is 3.14. The minimum Gasteiger partial charge on any atom is -0.191 e. The fraction of sp³-hybridized carbons (Fsp3) is 1.00. The van der Waals surface area contributed by atoms with Gasteiger partial charge in [0.15, 0.2) is 0 Å². The molecule has 0 aliphatic heterocycles. The van der Waals surface area contributed by atoms with Crippen LogP contribution in [0.4, 0.5) is 57.1 Å². The number of rotatable bonds is 3. The van der Waals surface area contributed by atoms with Crippen LogP contribution in [-0.2, 0) is 0 Å². The first-order valence-electron chi connectivity index (χ1n) is 4.02. The lowest BCUT2D eigenvalue weighted by atomic mass is 10.3. The monoisotopic (exact) mass is 700 g/mol. The summed E-state index contributed by atoms with van der Waals surface area (Å²) >= 11 is -0.306. The molecule has 22 heavy (non-hydrogen) atoms. The largest absolute Gasteiger partial charge is 0.460 e. The van der Waals surface area contributed by atoms with Crippen LogP contribution < -0.4 is 0 Å². The van der Waals surface area contributed by atoms with E-state index in [1.807, 2.05) is 0 Å². The Labute approximate surface area is 154 Å². The molecule has 0 aromatic heterocycles. The standard InChI is InChI=1S/C3F7I.C3F6I2/c4-1(5,2(6,7)8)3(9,10)11;4-1(5,2(6,7)10)3(8,9)11. The molecule has 0 amide bonds. The lowest BCUT2D eigenvalue weighted by Gasteiger charge is -2.25. The fourth-order valence-corrected chi connectivity index (χ4v) is 1.82. The quantitative estimate of drug-likeness (QED) is 0.171. The maximum atomic E-state index is 11.9. The van der Waals surface area contributed by atoms with E-state index in [1.165, 1.54) is 0 Å². The van der Waals surface area contributed by atoms with E-state index >= 15 is 0 Å². The van der Waals surface area contributed by atoms with Crippen LogP contribution in [0.25, 0.3) is 0 Å². The van der Waals surface area contributed by atoms with Gasteiger partial charge in [-0.1, -0.05) is 0 Å². The van der Waals surface area contributed by atoms with E-state index in [1.54, 1.807) is 0 Å². The Hall–Kier alpha value is 1.28. The Bertz CT molecular complexity index is 288. The predicted octanol–water partition coefficient (Wildman–Crippen LogP) is 6.89. The average Bonchev–Trinajstić information content (AvgIpc) is 2.10. The van der Waals surface area contributed by atoms with Crippen LogP contribution in [0.15, 0.2) is 0 Å². The van der Waals surface area contributed by atoms with Crippen molar-refractivity contribution in [3.63, 3.8) is 0 Å². The molecule has 136 valence electrons. The lowest BCUT2D eigenvalue weighted by molar-refractivity contribution is -0.325. The summed E-state index contributed by atoms with van der Waals surface area (Å²) in [4.78, 5) is 0. The highest BCUT2D eigenvalue weighted by Gasteiger charge is 2.72. The fourth-order valence-electron chi connectivity index (χ4n) is 0.321. The summed E-state index contributed by atoms with van der Waals surface area (Å²) in [6, 6.07) is 0. The molecule has 0 saturated heterocycles. The number of hydrogen-bond acceptors (Lipinski definition) is 0. The molecule has 0 N–H and O–H groups in total. The number of hydrogen-bond donors (Lipinski definition) is 0. The normalized spacial score (nSPS) is 15.3. The Morgan fingerprint density at radius 1 is 0.364 bits per heavy atom. The van der Waals surface area contributed by atoms with Gasteiger partial charge in [0.25, 0.3) is 0 Å². The summed E-state index contributed by atoms with van der Waals surface area (Å²) in [5.74, 6) is -11.3. The topological polar surface area (TPSA) is 0 Å². The molecule has 0 bridgehead atoms. The van der Waals surface area contributed by atoms with Gasteiger partial charge in [-0.2, -0.15) is 57.1 Å². The molecule has 0 atom stereocenters. The van der Waals surface area contributed by atoms with E-state index in [-0.39, 0.29) is 67.8 Å². The van der Waals surface area contributed by atoms with Crippen LogP contribution in [0, 0.1) is 0 Å². The van der Waals surface area contributed by atoms with Crippen molar-refractivity contribution in [1.82, 2.24) is 0 Å². The molecule has 0 aromatic carbocycles. The van der Waals surface area contributed by atoms with E-state index in [0.717, 1.165) is 0 Å². The van der Waals surface area contributed by atoms with Crippen molar-refractivity contribution >= 4 is 67.8 Å². The second-order valence-corrected chi connectivity index (χ2v) is 7.20. The highest BCUT2D eigenvalue weighted by Crippen LogP contribution is 2.52. The third-order valence-corrected chi connectivity index (χ3v) is 3.46. The van der Waals surface area contributed by atoms with Gasteiger partial charge in [-0.3, -0.25) is 0 Å². The van der Waals surface area contributed by atoms with Crippen molar-refractivity contribution in [2.75, 3.05) is 0 Å². The SMILES string of the molecule is FC(F)(F)C(F)(F)C(F)(F)I.FC(F)(I)C(F)(F)C(F)(F)I. The van der Waals surface area contributed by atoms with Crippen LogP contribution >= 0.6 is 67.8 Å². The van der Waals surface area contributed by atoms with Gasteiger partial charge in [0.1, 0.15) is 0 Å². The molecule has 16 heteroatoms. The van der Waals surface area contributed by atoms with Crippen molar-refractivity contribution in [2.24, 2.45) is 0 Å². The Balaban J connectivity index is 0.